The number of ether oxygens (including phenoxy) is 1. The molecule has 3 heterocycles. The van der Waals surface area contributed by atoms with Crippen LogP contribution in [0, 0.1) is 13.8 Å². The van der Waals surface area contributed by atoms with Crippen LogP contribution in [-0.4, -0.2) is 50.3 Å². The van der Waals surface area contributed by atoms with E-state index in [0.29, 0.717) is 36.8 Å². The Hall–Kier alpha value is -2.48. The first kappa shape index (κ1) is 16.4. The highest BCUT2D eigenvalue weighted by molar-refractivity contribution is 5.95. The molecule has 0 saturated carbocycles. The molecule has 1 atom stereocenters. The van der Waals surface area contributed by atoms with E-state index in [1.807, 2.05) is 13.8 Å². The molecular formula is C16H21N5O3. The second-order valence-electron chi connectivity index (χ2n) is 5.85. The molecule has 1 fully saturated rings. The van der Waals surface area contributed by atoms with Crippen LogP contribution >= 0.6 is 0 Å². The highest BCUT2D eigenvalue weighted by Crippen LogP contribution is 2.21. The highest BCUT2D eigenvalue weighted by Gasteiger charge is 2.29. The summed E-state index contributed by atoms with van der Waals surface area (Å²) in [5.74, 6) is 0.465. The van der Waals surface area contributed by atoms with Crippen molar-refractivity contribution < 1.29 is 9.53 Å². The van der Waals surface area contributed by atoms with E-state index in [1.54, 1.807) is 22.7 Å². The Labute approximate surface area is 139 Å². The van der Waals surface area contributed by atoms with Crippen LogP contribution in [0.3, 0.4) is 0 Å². The SMILES string of the molecule is CCn1cc(C(=O)N2CCO[C@@H](c3cc(=O)[nH]c(C)n3)C2)c(C)n1. The third-order valence-corrected chi connectivity index (χ3v) is 4.06. The lowest BCUT2D eigenvalue weighted by Crippen LogP contribution is -2.42. The second kappa shape index (κ2) is 6.56. The van der Waals surface area contributed by atoms with Crippen LogP contribution in [0.15, 0.2) is 17.1 Å². The van der Waals surface area contributed by atoms with E-state index in [9.17, 15) is 9.59 Å². The summed E-state index contributed by atoms with van der Waals surface area (Å²) in [7, 11) is 0. The van der Waals surface area contributed by atoms with Crippen molar-refractivity contribution in [1.29, 1.82) is 0 Å². The minimum Gasteiger partial charge on any atom is -0.368 e. The number of H-pyrrole nitrogens is 1. The fraction of sp³-hybridized carbons (Fsp3) is 0.500. The first-order valence-electron chi connectivity index (χ1n) is 8.00. The van der Waals surface area contributed by atoms with Crippen LogP contribution in [0.25, 0.3) is 0 Å². The van der Waals surface area contributed by atoms with Gasteiger partial charge in [-0.2, -0.15) is 5.10 Å². The molecule has 8 heteroatoms. The predicted octanol–water partition coefficient (Wildman–Crippen LogP) is 0.817. The van der Waals surface area contributed by atoms with Crippen LogP contribution < -0.4 is 5.56 Å². The van der Waals surface area contributed by atoms with Gasteiger partial charge in [-0.3, -0.25) is 14.3 Å². The van der Waals surface area contributed by atoms with Gasteiger partial charge in [0.2, 0.25) is 0 Å². The van der Waals surface area contributed by atoms with Gasteiger partial charge in [0, 0.05) is 25.4 Å². The summed E-state index contributed by atoms with van der Waals surface area (Å²) in [6, 6.07) is 1.42. The molecule has 0 aromatic carbocycles. The number of morpholine rings is 1. The lowest BCUT2D eigenvalue weighted by atomic mass is 10.1. The molecule has 1 saturated heterocycles. The fourth-order valence-electron chi connectivity index (χ4n) is 2.84. The molecule has 0 bridgehead atoms. The molecule has 1 aliphatic rings. The fourth-order valence-corrected chi connectivity index (χ4v) is 2.84. The quantitative estimate of drug-likeness (QED) is 0.899. The topological polar surface area (TPSA) is 93.1 Å². The molecule has 0 radical (unpaired) electrons. The van der Waals surface area contributed by atoms with Gasteiger partial charge in [0.25, 0.3) is 11.5 Å². The average molecular weight is 331 g/mol. The van der Waals surface area contributed by atoms with Gasteiger partial charge >= 0.3 is 0 Å². The minimum atomic E-state index is -0.398. The van der Waals surface area contributed by atoms with Crippen LogP contribution in [0.2, 0.25) is 0 Å². The predicted molar refractivity (Wildman–Crippen MR) is 86.8 cm³/mol. The molecule has 1 amide bonds. The van der Waals surface area contributed by atoms with Gasteiger partial charge in [-0.25, -0.2) is 4.98 Å². The Morgan fingerprint density at radius 2 is 2.25 bits per heavy atom. The zero-order chi connectivity index (χ0) is 17.3. The maximum atomic E-state index is 12.8. The molecule has 2 aromatic rings. The van der Waals surface area contributed by atoms with Crippen molar-refractivity contribution in [1.82, 2.24) is 24.6 Å². The summed E-state index contributed by atoms with van der Waals surface area (Å²) in [6.07, 6.45) is 1.38. The van der Waals surface area contributed by atoms with E-state index in [-0.39, 0.29) is 11.5 Å². The zero-order valence-electron chi connectivity index (χ0n) is 14.1. The zero-order valence-corrected chi connectivity index (χ0v) is 14.1. The smallest absolute Gasteiger partial charge is 0.257 e. The van der Waals surface area contributed by atoms with Gasteiger partial charge in [0.05, 0.1) is 30.1 Å². The Bertz CT molecular complexity index is 810. The minimum absolute atomic E-state index is 0.0675. The maximum Gasteiger partial charge on any atom is 0.257 e. The van der Waals surface area contributed by atoms with Crippen molar-refractivity contribution >= 4 is 5.91 Å². The number of aromatic nitrogens is 4. The Morgan fingerprint density at radius 3 is 2.92 bits per heavy atom. The molecule has 128 valence electrons. The Morgan fingerprint density at radius 1 is 1.46 bits per heavy atom. The number of amides is 1. The summed E-state index contributed by atoms with van der Waals surface area (Å²) < 4.78 is 7.47. The number of rotatable bonds is 3. The molecule has 0 spiro atoms. The van der Waals surface area contributed by atoms with Gasteiger partial charge in [0.1, 0.15) is 11.9 Å². The normalized spacial score (nSPS) is 18.0. The third kappa shape index (κ3) is 3.23. The number of hydrogen-bond acceptors (Lipinski definition) is 5. The first-order chi connectivity index (χ1) is 11.5. The molecule has 0 aliphatic carbocycles. The lowest BCUT2D eigenvalue weighted by molar-refractivity contribution is -0.0249. The number of nitrogens with zero attached hydrogens (tertiary/aromatic N) is 4. The van der Waals surface area contributed by atoms with Crippen LogP contribution in [0.1, 0.15) is 40.6 Å². The highest BCUT2D eigenvalue weighted by atomic mass is 16.5. The van der Waals surface area contributed by atoms with Crippen molar-refractivity contribution in [3.05, 3.63) is 45.4 Å². The van der Waals surface area contributed by atoms with E-state index in [4.69, 9.17) is 4.74 Å². The summed E-state index contributed by atoms with van der Waals surface area (Å²) in [5.41, 5.74) is 1.65. The molecule has 8 nitrogen and oxygen atoms in total. The molecule has 2 aromatic heterocycles. The number of hydrogen-bond donors (Lipinski definition) is 1. The maximum absolute atomic E-state index is 12.8. The summed E-state index contributed by atoms with van der Waals surface area (Å²) in [4.78, 5) is 33.1. The standard InChI is InChI=1S/C16H21N5O3/c1-4-21-8-12(10(2)19-21)16(23)20-5-6-24-14(9-20)13-7-15(22)18-11(3)17-13/h7-8,14H,4-6,9H2,1-3H3,(H,17,18,22)/t14-/m1/s1. The summed E-state index contributed by atoms with van der Waals surface area (Å²) >= 11 is 0. The van der Waals surface area contributed by atoms with Gasteiger partial charge in [-0.15, -0.1) is 0 Å². The van der Waals surface area contributed by atoms with Gasteiger partial charge < -0.3 is 14.6 Å². The van der Waals surface area contributed by atoms with Crippen LogP contribution in [0.5, 0.6) is 0 Å². The first-order valence-corrected chi connectivity index (χ1v) is 8.00. The lowest BCUT2D eigenvalue weighted by Gasteiger charge is -2.32. The average Bonchev–Trinajstić information content (AvgIpc) is 2.94. The van der Waals surface area contributed by atoms with E-state index in [2.05, 4.69) is 15.1 Å². The van der Waals surface area contributed by atoms with E-state index >= 15 is 0 Å². The van der Waals surface area contributed by atoms with E-state index in [1.165, 1.54) is 6.07 Å². The molecular weight excluding hydrogens is 310 g/mol. The largest absolute Gasteiger partial charge is 0.368 e. The van der Waals surface area contributed by atoms with Gasteiger partial charge in [-0.1, -0.05) is 0 Å². The van der Waals surface area contributed by atoms with Crippen molar-refractivity contribution in [3.63, 3.8) is 0 Å². The molecule has 1 aliphatic heterocycles. The molecule has 1 N–H and O–H groups in total. The molecule has 3 rings (SSSR count). The Kier molecular flexibility index (Phi) is 4.48. The Balaban J connectivity index is 1.81. The second-order valence-corrected chi connectivity index (χ2v) is 5.85. The van der Waals surface area contributed by atoms with Gasteiger partial charge in [-0.05, 0) is 20.8 Å². The summed E-state index contributed by atoms with van der Waals surface area (Å²) in [6.45, 7) is 7.53. The molecule has 0 unspecified atom stereocenters. The van der Waals surface area contributed by atoms with Gasteiger partial charge in [0.15, 0.2) is 0 Å². The number of aromatic amines is 1. The molecule has 24 heavy (non-hydrogen) atoms. The number of aryl methyl sites for hydroxylation is 3. The van der Waals surface area contributed by atoms with Crippen molar-refractivity contribution in [2.75, 3.05) is 19.7 Å². The summed E-state index contributed by atoms with van der Waals surface area (Å²) in [5, 5.41) is 4.33. The van der Waals surface area contributed by atoms with Crippen molar-refractivity contribution in [2.45, 2.75) is 33.4 Å². The third-order valence-electron chi connectivity index (χ3n) is 4.06. The van der Waals surface area contributed by atoms with Crippen LogP contribution in [0.4, 0.5) is 0 Å². The van der Waals surface area contributed by atoms with E-state index in [0.717, 1.165) is 12.2 Å². The van der Waals surface area contributed by atoms with Crippen LogP contribution in [-0.2, 0) is 11.3 Å². The number of carbonyl (C=O) groups is 1. The monoisotopic (exact) mass is 331 g/mol. The van der Waals surface area contributed by atoms with Crippen molar-refractivity contribution in [3.8, 4) is 0 Å². The van der Waals surface area contributed by atoms with E-state index < -0.39 is 6.10 Å². The van der Waals surface area contributed by atoms with Crippen molar-refractivity contribution in [2.24, 2.45) is 0 Å². The number of carbonyl (C=O) groups excluding carboxylic acids is 1. The number of nitrogens with one attached hydrogen (secondary N) is 1.